The molecule has 1 aromatic heterocycles. The molecule has 1 aliphatic rings. The molecule has 0 bridgehead atoms. The van der Waals surface area contributed by atoms with E-state index >= 15 is 0 Å². The van der Waals surface area contributed by atoms with Crippen LogP contribution >= 0.6 is 0 Å². The van der Waals surface area contributed by atoms with Gasteiger partial charge in [0, 0.05) is 6.04 Å². The summed E-state index contributed by atoms with van der Waals surface area (Å²) in [4.78, 5) is 26.1. The number of anilines is 1. The van der Waals surface area contributed by atoms with Gasteiger partial charge in [0.15, 0.2) is 0 Å². The Morgan fingerprint density at radius 2 is 1.90 bits per heavy atom. The van der Waals surface area contributed by atoms with Gasteiger partial charge < -0.3 is 15.7 Å². The van der Waals surface area contributed by atoms with Crippen LogP contribution < -0.4 is 10.6 Å². The van der Waals surface area contributed by atoms with Gasteiger partial charge in [0.1, 0.15) is 15.5 Å². The molecule has 3 N–H and O–H groups in total. The zero-order valence-electron chi connectivity index (χ0n) is 11.1. The normalized spacial score (nSPS) is 17.9. The predicted molar refractivity (Wildman–Crippen MR) is 75.0 cm³/mol. The Labute approximate surface area is 121 Å². The number of urea groups is 1. The minimum absolute atomic E-state index is 0.0762. The topological polar surface area (TPSA) is 125 Å². The Hall–Kier alpha value is -2.16. The second-order valence-electron chi connectivity index (χ2n) is 4.76. The van der Waals surface area contributed by atoms with Crippen molar-refractivity contribution in [2.45, 2.75) is 18.9 Å². The van der Waals surface area contributed by atoms with Crippen LogP contribution in [0.2, 0.25) is 0 Å². The average molecular weight is 313 g/mol. The molecule has 0 aliphatic carbocycles. The van der Waals surface area contributed by atoms with Crippen LogP contribution in [0, 0.1) is 0 Å². The number of aromatic nitrogens is 1. The van der Waals surface area contributed by atoms with Crippen molar-refractivity contribution >= 4 is 27.5 Å². The molecule has 2 heterocycles. The van der Waals surface area contributed by atoms with E-state index < -0.39 is 21.8 Å². The summed E-state index contributed by atoms with van der Waals surface area (Å²) in [6, 6.07) is 2.07. The number of carbonyl (C=O) groups is 2. The zero-order chi connectivity index (χ0) is 15.5. The Kier molecular flexibility index (Phi) is 4.41. The van der Waals surface area contributed by atoms with Gasteiger partial charge in [-0.2, -0.15) is 0 Å². The van der Waals surface area contributed by atoms with Crippen LogP contribution in [0.15, 0.2) is 18.3 Å². The molecule has 1 fully saturated rings. The van der Waals surface area contributed by atoms with Crippen LogP contribution in [-0.2, 0) is 9.84 Å². The maximum absolute atomic E-state index is 11.7. The minimum Gasteiger partial charge on any atom is -0.477 e. The molecule has 114 valence electrons. The second-order valence-corrected chi connectivity index (χ2v) is 7.07. The molecule has 0 unspecified atom stereocenters. The molecule has 1 aliphatic heterocycles. The number of hydrogen-bond donors (Lipinski definition) is 3. The number of hydrogen-bond acceptors (Lipinski definition) is 5. The van der Waals surface area contributed by atoms with Crippen molar-refractivity contribution in [3.63, 3.8) is 0 Å². The number of aromatic carboxylic acids is 1. The zero-order valence-corrected chi connectivity index (χ0v) is 11.9. The first-order chi connectivity index (χ1) is 9.85. The van der Waals surface area contributed by atoms with Gasteiger partial charge in [-0.1, -0.05) is 0 Å². The summed E-state index contributed by atoms with van der Waals surface area (Å²) in [7, 11) is -2.96. The van der Waals surface area contributed by atoms with Gasteiger partial charge in [0.25, 0.3) is 0 Å². The summed E-state index contributed by atoms with van der Waals surface area (Å²) < 4.78 is 22.6. The van der Waals surface area contributed by atoms with Crippen LogP contribution in [-0.4, -0.2) is 48.1 Å². The molecule has 2 amide bonds. The molecular formula is C12H15N3O5S. The van der Waals surface area contributed by atoms with Crippen molar-refractivity contribution in [3.8, 4) is 0 Å². The van der Waals surface area contributed by atoms with Crippen molar-refractivity contribution in [1.82, 2.24) is 10.3 Å². The Morgan fingerprint density at radius 1 is 1.24 bits per heavy atom. The quantitative estimate of drug-likeness (QED) is 0.745. The summed E-state index contributed by atoms with van der Waals surface area (Å²) in [5, 5.41) is 13.9. The number of carboxylic acids is 1. The third-order valence-electron chi connectivity index (χ3n) is 3.13. The molecule has 2 rings (SSSR count). The lowest BCUT2D eigenvalue weighted by Gasteiger charge is -2.23. The molecule has 0 aromatic carbocycles. The molecule has 0 radical (unpaired) electrons. The number of sulfone groups is 1. The number of nitrogens with zero attached hydrogens (tertiary/aromatic N) is 1. The van der Waals surface area contributed by atoms with Gasteiger partial charge in [0.05, 0.1) is 23.4 Å². The molecule has 0 saturated carbocycles. The van der Waals surface area contributed by atoms with Crippen LogP contribution in [0.1, 0.15) is 23.3 Å². The Morgan fingerprint density at radius 3 is 2.43 bits per heavy atom. The van der Waals surface area contributed by atoms with Crippen LogP contribution in [0.3, 0.4) is 0 Å². The summed E-state index contributed by atoms with van der Waals surface area (Å²) >= 11 is 0. The van der Waals surface area contributed by atoms with Crippen molar-refractivity contribution < 1.29 is 23.1 Å². The number of carbonyl (C=O) groups excluding carboxylic acids is 1. The third-order valence-corrected chi connectivity index (χ3v) is 4.85. The van der Waals surface area contributed by atoms with Gasteiger partial charge in [-0.15, -0.1) is 0 Å². The van der Waals surface area contributed by atoms with Gasteiger partial charge in [-0.25, -0.2) is 23.0 Å². The predicted octanol–water partition coefficient (Wildman–Crippen LogP) is 0.478. The number of carboxylic acid groups (broad SMARTS) is 1. The monoisotopic (exact) mass is 313 g/mol. The van der Waals surface area contributed by atoms with E-state index in [0.717, 1.165) is 0 Å². The van der Waals surface area contributed by atoms with Crippen molar-refractivity contribution in [3.05, 3.63) is 24.0 Å². The molecule has 8 nitrogen and oxygen atoms in total. The summed E-state index contributed by atoms with van der Waals surface area (Å²) in [5.41, 5.74) is 0.249. The summed E-state index contributed by atoms with van der Waals surface area (Å²) in [5.74, 6) is -0.992. The third kappa shape index (κ3) is 4.42. The van der Waals surface area contributed by atoms with Gasteiger partial charge in [-0.3, -0.25) is 0 Å². The maximum Gasteiger partial charge on any atom is 0.354 e. The fourth-order valence-corrected chi connectivity index (χ4v) is 3.47. The van der Waals surface area contributed by atoms with Crippen LogP contribution in [0.25, 0.3) is 0 Å². The number of pyridine rings is 1. The van der Waals surface area contributed by atoms with Crippen LogP contribution in [0.5, 0.6) is 0 Å². The highest BCUT2D eigenvalue weighted by Gasteiger charge is 2.24. The van der Waals surface area contributed by atoms with E-state index in [1.807, 2.05) is 0 Å². The van der Waals surface area contributed by atoms with E-state index in [4.69, 9.17) is 5.11 Å². The molecule has 0 spiro atoms. The first-order valence-electron chi connectivity index (χ1n) is 6.33. The van der Waals surface area contributed by atoms with E-state index in [1.54, 1.807) is 0 Å². The molecular weight excluding hydrogens is 298 g/mol. The minimum atomic E-state index is -2.96. The highest BCUT2D eigenvalue weighted by atomic mass is 32.2. The average Bonchev–Trinajstić information content (AvgIpc) is 2.42. The number of rotatable bonds is 3. The lowest BCUT2D eigenvalue weighted by Crippen LogP contribution is -2.42. The van der Waals surface area contributed by atoms with Gasteiger partial charge >= 0.3 is 12.0 Å². The van der Waals surface area contributed by atoms with Gasteiger partial charge in [0.2, 0.25) is 0 Å². The summed E-state index contributed by atoms with van der Waals surface area (Å²) in [6.45, 7) is 0. The van der Waals surface area contributed by atoms with Crippen molar-refractivity contribution in [1.29, 1.82) is 0 Å². The van der Waals surface area contributed by atoms with Gasteiger partial charge in [-0.05, 0) is 25.0 Å². The molecule has 9 heteroatoms. The van der Waals surface area contributed by atoms with E-state index in [0.29, 0.717) is 18.5 Å². The van der Waals surface area contributed by atoms with Crippen molar-refractivity contribution in [2.24, 2.45) is 0 Å². The molecule has 21 heavy (non-hydrogen) atoms. The van der Waals surface area contributed by atoms with E-state index in [2.05, 4.69) is 15.6 Å². The van der Waals surface area contributed by atoms with E-state index in [1.165, 1.54) is 18.3 Å². The number of amides is 2. The standard InChI is InChI=1S/C12H15N3O5S/c16-11(17)10-2-1-9(7-13-10)15-12(18)14-8-3-5-21(19,20)6-4-8/h1-2,7-8H,3-6H2,(H,16,17)(H2,14,15,18). The highest BCUT2D eigenvalue weighted by Crippen LogP contribution is 2.12. The first kappa shape index (κ1) is 15.2. The largest absolute Gasteiger partial charge is 0.477 e. The second kappa shape index (κ2) is 6.08. The molecule has 1 saturated heterocycles. The number of nitrogens with one attached hydrogen (secondary N) is 2. The molecule has 1 aromatic rings. The lowest BCUT2D eigenvalue weighted by atomic mass is 10.2. The Balaban J connectivity index is 1.86. The summed E-state index contributed by atoms with van der Waals surface area (Å²) in [6.07, 6.45) is 2.03. The highest BCUT2D eigenvalue weighted by molar-refractivity contribution is 7.91. The van der Waals surface area contributed by atoms with E-state index in [9.17, 15) is 18.0 Å². The first-order valence-corrected chi connectivity index (χ1v) is 8.15. The maximum atomic E-state index is 11.7. The van der Waals surface area contributed by atoms with Crippen molar-refractivity contribution in [2.75, 3.05) is 16.8 Å². The van der Waals surface area contributed by atoms with Crippen LogP contribution in [0.4, 0.5) is 10.5 Å². The fourth-order valence-electron chi connectivity index (χ4n) is 1.98. The molecule has 0 atom stereocenters. The lowest BCUT2D eigenvalue weighted by molar-refractivity contribution is 0.0690. The SMILES string of the molecule is O=C(Nc1ccc(C(=O)O)nc1)NC1CCS(=O)(=O)CC1. The fraction of sp³-hybridized carbons (Fsp3) is 0.417. The smallest absolute Gasteiger partial charge is 0.354 e. The van der Waals surface area contributed by atoms with E-state index in [-0.39, 0.29) is 23.2 Å². The Bertz CT molecular complexity index is 627.